The smallest absolute Gasteiger partial charge is 0.0988 e. The first kappa shape index (κ1) is 16.8. The SMILES string of the molecule is CC(C)(C)C1=CC2OC(C)(C)C3CC=C(CO)CC3[C@@H]2C(O)=C1. The summed E-state index contributed by atoms with van der Waals surface area (Å²) in [5.41, 5.74) is 2.01. The lowest BCUT2D eigenvalue weighted by atomic mass is 9.61. The predicted octanol–water partition coefficient (Wildman–Crippen LogP) is 4.15. The van der Waals surface area contributed by atoms with Gasteiger partial charge in [0.05, 0.1) is 24.1 Å². The lowest BCUT2D eigenvalue weighted by Gasteiger charge is -2.53. The van der Waals surface area contributed by atoms with Crippen molar-refractivity contribution < 1.29 is 14.9 Å². The first-order valence-corrected chi connectivity index (χ1v) is 8.73. The number of hydrogen-bond acceptors (Lipinski definition) is 3. The highest BCUT2D eigenvalue weighted by molar-refractivity contribution is 5.35. The van der Waals surface area contributed by atoms with E-state index in [1.165, 1.54) is 0 Å². The average molecular weight is 318 g/mol. The van der Waals surface area contributed by atoms with E-state index in [0.717, 1.165) is 24.0 Å². The van der Waals surface area contributed by atoms with E-state index in [9.17, 15) is 10.2 Å². The van der Waals surface area contributed by atoms with E-state index in [4.69, 9.17) is 4.74 Å². The van der Waals surface area contributed by atoms with Crippen LogP contribution in [0.2, 0.25) is 0 Å². The van der Waals surface area contributed by atoms with Crippen molar-refractivity contribution in [3.8, 4) is 0 Å². The number of hydrogen-bond donors (Lipinski definition) is 2. The second-order valence-electron chi connectivity index (χ2n) is 8.88. The van der Waals surface area contributed by atoms with Crippen LogP contribution in [0.5, 0.6) is 0 Å². The van der Waals surface area contributed by atoms with Crippen LogP contribution in [-0.4, -0.2) is 28.5 Å². The molecule has 1 heterocycles. The van der Waals surface area contributed by atoms with Crippen LogP contribution < -0.4 is 0 Å². The van der Waals surface area contributed by atoms with Gasteiger partial charge in [0.25, 0.3) is 0 Å². The summed E-state index contributed by atoms with van der Waals surface area (Å²) >= 11 is 0. The van der Waals surface area contributed by atoms with Crippen molar-refractivity contribution in [2.24, 2.45) is 23.2 Å². The third kappa shape index (κ3) is 2.89. The van der Waals surface area contributed by atoms with E-state index >= 15 is 0 Å². The molecule has 4 atom stereocenters. The Hall–Kier alpha value is -1.06. The van der Waals surface area contributed by atoms with Gasteiger partial charge in [0.15, 0.2) is 0 Å². The summed E-state index contributed by atoms with van der Waals surface area (Å²) in [4.78, 5) is 0. The van der Waals surface area contributed by atoms with Crippen molar-refractivity contribution in [3.05, 3.63) is 35.1 Å². The number of allylic oxidation sites excluding steroid dienone is 3. The lowest BCUT2D eigenvalue weighted by Crippen LogP contribution is -2.54. The minimum atomic E-state index is -0.222. The zero-order chi connectivity index (χ0) is 17.0. The molecule has 0 aromatic rings. The molecule has 0 amide bonds. The van der Waals surface area contributed by atoms with E-state index in [2.05, 4.69) is 46.8 Å². The Bertz CT molecular complexity index is 574. The molecule has 2 N–H and O–H groups in total. The minimum Gasteiger partial charge on any atom is -0.512 e. The van der Waals surface area contributed by atoms with Gasteiger partial charge >= 0.3 is 0 Å². The van der Waals surface area contributed by atoms with Gasteiger partial charge in [-0.05, 0) is 61.2 Å². The number of ether oxygens (including phenoxy) is 1. The van der Waals surface area contributed by atoms with Crippen LogP contribution in [0.15, 0.2) is 35.1 Å². The molecule has 3 aliphatic rings. The molecule has 3 unspecified atom stereocenters. The second-order valence-corrected chi connectivity index (χ2v) is 8.88. The summed E-state index contributed by atoms with van der Waals surface area (Å²) in [7, 11) is 0. The summed E-state index contributed by atoms with van der Waals surface area (Å²) in [6, 6.07) is 0. The molecular weight excluding hydrogens is 288 g/mol. The molecule has 0 spiro atoms. The lowest BCUT2D eigenvalue weighted by molar-refractivity contribution is -0.177. The van der Waals surface area contributed by atoms with Crippen LogP contribution in [0, 0.1) is 23.2 Å². The molecule has 3 nitrogen and oxygen atoms in total. The zero-order valence-electron chi connectivity index (χ0n) is 15.0. The van der Waals surface area contributed by atoms with Crippen molar-refractivity contribution in [2.75, 3.05) is 6.61 Å². The number of fused-ring (bicyclic) bond motifs is 3. The Labute approximate surface area is 139 Å². The highest BCUT2D eigenvalue weighted by Gasteiger charge is 2.52. The zero-order valence-corrected chi connectivity index (χ0v) is 15.0. The molecule has 2 aliphatic carbocycles. The van der Waals surface area contributed by atoms with Crippen LogP contribution in [0.3, 0.4) is 0 Å². The standard InChI is InChI=1S/C20H30O3/c1-19(2,3)13-9-16(22)18-14-8-12(11-21)6-7-15(14)20(4,5)23-17(18)10-13/h6,9-10,14-15,17-18,21-22H,7-8,11H2,1-5H3/t14?,15?,17?,18-/m1/s1. The predicted molar refractivity (Wildman–Crippen MR) is 92.1 cm³/mol. The topological polar surface area (TPSA) is 49.7 Å². The van der Waals surface area contributed by atoms with Gasteiger partial charge in [0.1, 0.15) is 0 Å². The van der Waals surface area contributed by atoms with E-state index in [0.29, 0.717) is 17.6 Å². The molecule has 0 aromatic heterocycles. The van der Waals surface area contributed by atoms with E-state index in [1.54, 1.807) is 0 Å². The summed E-state index contributed by atoms with van der Waals surface area (Å²) in [5, 5.41) is 20.3. The third-order valence-corrected chi connectivity index (χ3v) is 5.88. The largest absolute Gasteiger partial charge is 0.512 e. The molecule has 1 saturated heterocycles. The maximum Gasteiger partial charge on any atom is 0.0988 e. The van der Waals surface area contributed by atoms with Crippen molar-refractivity contribution >= 4 is 0 Å². The summed E-state index contributed by atoms with van der Waals surface area (Å²) in [5.74, 6) is 1.16. The molecule has 1 fully saturated rings. The summed E-state index contributed by atoms with van der Waals surface area (Å²) in [6.45, 7) is 10.9. The van der Waals surface area contributed by atoms with Gasteiger partial charge in [-0.2, -0.15) is 0 Å². The van der Waals surface area contributed by atoms with E-state index in [-0.39, 0.29) is 29.6 Å². The summed E-state index contributed by atoms with van der Waals surface area (Å²) < 4.78 is 6.44. The number of rotatable bonds is 1. The molecule has 0 aromatic carbocycles. The van der Waals surface area contributed by atoms with Gasteiger partial charge in [-0.15, -0.1) is 0 Å². The van der Waals surface area contributed by atoms with Gasteiger partial charge in [0, 0.05) is 5.92 Å². The van der Waals surface area contributed by atoms with Gasteiger partial charge in [0.2, 0.25) is 0 Å². The van der Waals surface area contributed by atoms with Crippen LogP contribution in [-0.2, 0) is 4.74 Å². The fourth-order valence-corrected chi connectivity index (χ4v) is 4.53. The maximum absolute atomic E-state index is 10.8. The quantitative estimate of drug-likeness (QED) is 0.714. The fraction of sp³-hybridized carbons (Fsp3) is 0.700. The molecule has 0 bridgehead atoms. The molecule has 128 valence electrons. The molecule has 23 heavy (non-hydrogen) atoms. The first-order valence-electron chi connectivity index (χ1n) is 8.73. The van der Waals surface area contributed by atoms with Gasteiger partial charge in [-0.1, -0.05) is 32.9 Å². The molecule has 0 radical (unpaired) electrons. The normalized spacial score (nSPS) is 36.3. The molecule has 0 saturated carbocycles. The molecule has 3 rings (SSSR count). The highest BCUT2D eigenvalue weighted by atomic mass is 16.5. The van der Waals surface area contributed by atoms with Crippen LogP contribution in [0.1, 0.15) is 47.5 Å². The highest BCUT2D eigenvalue weighted by Crippen LogP contribution is 2.52. The number of aliphatic hydroxyl groups is 2. The van der Waals surface area contributed by atoms with Gasteiger partial charge < -0.3 is 14.9 Å². The van der Waals surface area contributed by atoms with Gasteiger partial charge in [-0.3, -0.25) is 0 Å². The van der Waals surface area contributed by atoms with Crippen molar-refractivity contribution in [2.45, 2.75) is 59.2 Å². The third-order valence-electron chi connectivity index (χ3n) is 5.88. The monoisotopic (exact) mass is 318 g/mol. The Morgan fingerprint density at radius 2 is 2.00 bits per heavy atom. The Kier molecular flexibility index (Phi) is 4.01. The Morgan fingerprint density at radius 3 is 2.61 bits per heavy atom. The molecular formula is C20H30O3. The van der Waals surface area contributed by atoms with E-state index < -0.39 is 0 Å². The second kappa shape index (κ2) is 5.49. The van der Waals surface area contributed by atoms with Crippen molar-refractivity contribution in [1.29, 1.82) is 0 Å². The molecule has 3 heteroatoms. The summed E-state index contributed by atoms with van der Waals surface area (Å²) in [6.07, 6.45) is 8.00. The van der Waals surface area contributed by atoms with Crippen molar-refractivity contribution in [1.82, 2.24) is 0 Å². The molecule has 1 aliphatic heterocycles. The van der Waals surface area contributed by atoms with Crippen LogP contribution in [0.25, 0.3) is 0 Å². The van der Waals surface area contributed by atoms with Crippen LogP contribution >= 0.6 is 0 Å². The van der Waals surface area contributed by atoms with Gasteiger partial charge in [-0.25, -0.2) is 0 Å². The number of aliphatic hydroxyl groups excluding tert-OH is 2. The van der Waals surface area contributed by atoms with Crippen LogP contribution in [0.4, 0.5) is 0 Å². The Morgan fingerprint density at radius 1 is 1.30 bits per heavy atom. The van der Waals surface area contributed by atoms with Crippen molar-refractivity contribution in [3.63, 3.8) is 0 Å². The fourth-order valence-electron chi connectivity index (χ4n) is 4.53. The van der Waals surface area contributed by atoms with E-state index in [1.807, 2.05) is 6.08 Å². The maximum atomic E-state index is 10.8. The Balaban J connectivity index is 1.99. The average Bonchev–Trinajstić information content (AvgIpc) is 2.44. The minimum absolute atomic E-state index is 0.00791. The first-order chi connectivity index (χ1) is 10.6.